The monoisotopic (exact) mass is 192 g/mol. The maximum Gasteiger partial charge on any atom is 0.320 e. The van der Waals surface area contributed by atoms with Crippen molar-refractivity contribution in [2.75, 3.05) is 0 Å². The third-order valence-electron chi connectivity index (χ3n) is 1.75. The zero-order valence-corrected chi connectivity index (χ0v) is 7.84. The SMILES string of the molecule is CC(C)C(S)(CC(=O)O)C(=O)O. The molecule has 0 aromatic carbocycles. The fraction of sp³-hybridized carbons (Fsp3) is 0.714. The van der Waals surface area contributed by atoms with Crippen molar-refractivity contribution in [2.45, 2.75) is 25.0 Å². The highest BCUT2D eigenvalue weighted by Gasteiger charge is 2.40. The lowest BCUT2D eigenvalue weighted by molar-refractivity contribution is -0.147. The van der Waals surface area contributed by atoms with Crippen molar-refractivity contribution in [1.29, 1.82) is 0 Å². The molecule has 0 heterocycles. The lowest BCUT2D eigenvalue weighted by Crippen LogP contribution is -2.40. The Labute approximate surface area is 76.0 Å². The number of hydrogen-bond donors (Lipinski definition) is 3. The molecule has 0 radical (unpaired) electrons. The van der Waals surface area contributed by atoms with Crippen molar-refractivity contribution in [3.63, 3.8) is 0 Å². The summed E-state index contributed by atoms with van der Waals surface area (Å²) in [4.78, 5) is 21.0. The molecule has 4 nitrogen and oxygen atoms in total. The lowest BCUT2D eigenvalue weighted by atomic mass is 9.91. The van der Waals surface area contributed by atoms with Crippen molar-refractivity contribution in [2.24, 2.45) is 5.92 Å². The van der Waals surface area contributed by atoms with Crippen LogP contribution in [0.5, 0.6) is 0 Å². The minimum atomic E-state index is -1.47. The average Bonchev–Trinajstić information content (AvgIpc) is 1.84. The van der Waals surface area contributed by atoms with Crippen LogP contribution in [0.4, 0.5) is 0 Å². The second kappa shape index (κ2) is 3.80. The predicted molar refractivity (Wildman–Crippen MR) is 46.4 cm³/mol. The summed E-state index contributed by atoms with van der Waals surface area (Å²) >= 11 is 3.87. The molecule has 2 N–H and O–H groups in total. The van der Waals surface area contributed by atoms with Gasteiger partial charge in [0.15, 0.2) is 0 Å². The van der Waals surface area contributed by atoms with Crippen LogP contribution in [0, 0.1) is 5.92 Å². The molecule has 0 aliphatic carbocycles. The molecule has 0 spiro atoms. The fourth-order valence-electron chi connectivity index (χ4n) is 0.757. The van der Waals surface area contributed by atoms with Crippen molar-refractivity contribution in [3.8, 4) is 0 Å². The van der Waals surface area contributed by atoms with Crippen LogP contribution in [0.2, 0.25) is 0 Å². The number of hydrogen-bond acceptors (Lipinski definition) is 3. The van der Waals surface area contributed by atoms with Crippen LogP contribution >= 0.6 is 12.6 Å². The summed E-state index contributed by atoms with van der Waals surface area (Å²) in [6, 6.07) is 0. The van der Waals surface area contributed by atoms with Crippen molar-refractivity contribution in [1.82, 2.24) is 0 Å². The third kappa shape index (κ3) is 2.41. The Hall–Kier alpha value is -0.710. The first-order valence-electron chi connectivity index (χ1n) is 3.48. The van der Waals surface area contributed by atoms with Crippen LogP contribution in [0.25, 0.3) is 0 Å². The highest BCUT2D eigenvalue weighted by atomic mass is 32.1. The summed E-state index contributed by atoms with van der Waals surface area (Å²) in [7, 11) is 0. The van der Waals surface area contributed by atoms with Gasteiger partial charge in [-0.3, -0.25) is 9.59 Å². The van der Waals surface area contributed by atoms with E-state index in [1.165, 1.54) is 0 Å². The molecule has 1 unspecified atom stereocenters. The first-order chi connectivity index (χ1) is 5.30. The van der Waals surface area contributed by atoms with Crippen LogP contribution in [0.1, 0.15) is 20.3 Å². The quantitative estimate of drug-likeness (QED) is 0.578. The number of thiol groups is 1. The standard InChI is InChI=1S/C7H12O4S/c1-4(2)7(12,6(10)11)3-5(8)9/h4,12H,3H2,1-2H3,(H,8,9)(H,10,11). The van der Waals surface area contributed by atoms with Crippen LogP contribution in [0.3, 0.4) is 0 Å². The Balaban J connectivity index is 4.62. The van der Waals surface area contributed by atoms with Gasteiger partial charge in [-0.2, -0.15) is 12.6 Å². The predicted octanol–water partition coefficient (Wildman–Crippen LogP) is 0.870. The minimum Gasteiger partial charge on any atom is -0.481 e. The van der Waals surface area contributed by atoms with Gasteiger partial charge in [0.05, 0.1) is 6.42 Å². The van der Waals surface area contributed by atoms with Crippen molar-refractivity contribution in [3.05, 3.63) is 0 Å². The van der Waals surface area contributed by atoms with Crippen molar-refractivity contribution >= 4 is 24.6 Å². The highest BCUT2D eigenvalue weighted by Crippen LogP contribution is 2.28. The largest absolute Gasteiger partial charge is 0.481 e. The molecule has 12 heavy (non-hydrogen) atoms. The van der Waals surface area contributed by atoms with Gasteiger partial charge in [-0.1, -0.05) is 13.8 Å². The highest BCUT2D eigenvalue weighted by molar-refractivity contribution is 7.82. The molecule has 0 aliphatic heterocycles. The topological polar surface area (TPSA) is 74.6 Å². The zero-order chi connectivity index (χ0) is 9.94. The van der Waals surface area contributed by atoms with E-state index < -0.39 is 23.1 Å². The maximum atomic E-state index is 10.7. The second-order valence-electron chi connectivity index (χ2n) is 2.95. The summed E-state index contributed by atoms with van der Waals surface area (Å²) in [5.74, 6) is -2.67. The Morgan fingerprint density at radius 2 is 1.83 bits per heavy atom. The van der Waals surface area contributed by atoms with Gasteiger partial charge in [-0.25, -0.2) is 0 Å². The van der Waals surface area contributed by atoms with Gasteiger partial charge >= 0.3 is 11.9 Å². The van der Waals surface area contributed by atoms with Gasteiger partial charge in [-0.05, 0) is 5.92 Å². The molecule has 0 rings (SSSR count). The molecule has 0 saturated heterocycles. The van der Waals surface area contributed by atoms with Gasteiger partial charge in [-0.15, -0.1) is 0 Å². The normalized spacial score (nSPS) is 15.7. The van der Waals surface area contributed by atoms with E-state index in [4.69, 9.17) is 10.2 Å². The molecule has 1 atom stereocenters. The molecule has 70 valence electrons. The Morgan fingerprint density at radius 3 is 1.92 bits per heavy atom. The van der Waals surface area contributed by atoms with Crippen LogP contribution < -0.4 is 0 Å². The van der Waals surface area contributed by atoms with E-state index in [1.807, 2.05) is 0 Å². The second-order valence-corrected chi connectivity index (χ2v) is 3.75. The van der Waals surface area contributed by atoms with Crippen LogP contribution in [-0.4, -0.2) is 26.9 Å². The van der Waals surface area contributed by atoms with Gasteiger partial charge < -0.3 is 10.2 Å². The van der Waals surface area contributed by atoms with E-state index in [0.29, 0.717) is 0 Å². The Kier molecular flexibility index (Phi) is 3.57. The Morgan fingerprint density at radius 1 is 1.42 bits per heavy atom. The molecule has 5 heteroatoms. The smallest absolute Gasteiger partial charge is 0.320 e. The minimum absolute atomic E-state index is 0.325. The van der Waals surface area contributed by atoms with E-state index in [2.05, 4.69) is 12.6 Å². The number of carboxylic acids is 2. The van der Waals surface area contributed by atoms with Crippen molar-refractivity contribution < 1.29 is 19.8 Å². The average molecular weight is 192 g/mol. The summed E-state index contributed by atoms with van der Waals surface area (Å²) in [6.45, 7) is 3.26. The van der Waals surface area contributed by atoms with E-state index in [9.17, 15) is 9.59 Å². The van der Waals surface area contributed by atoms with Gasteiger partial charge in [0, 0.05) is 0 Å². The van der Waals surface area contributed by atoms with Gasteiger partial charge in [0.1, 0.15) is 4.75 Å². The third-order valence-corrected chi connectivity index (χ3v) is 2.61. The molecule has 0 amide bonds. The zero-order valence-electron chi connectivity index (χ0n) is 6.94. The molecule has 0 bridgehead atoms. The number of carbonyl (C=O) groups is 2. The number of rotatable bonds is 4. The first kappa shape index (κ1) is 11.3. The summed E-state index contributed by atoms with van der Waals surface area (Å²) in [5, 5.41) is 17.1. The fourth-order valence-corrected chi connectivity index (χ4v) is 0.893. The molecule has 0 saturated carbocycles. The molecule has 0 aromatic rings. The maximum absolute atomic E-state index is 10.7. The number of aliphatic carboxylic acids is 2. The summed E-state index contributed by atoms with van der Waals surface area (Å²) < 4.78 is -1.47. The summed E-state index contributed by atoms with van der Waals surface area (Å²) in [5.41, 5.74) is 0. The van der Waals surface area contributed by atoms with Crippen LogP contribution in [0.15, 0.2) is 0 Å². The van der Waals surface area contributed by atoms with E-state index in [1.54, 1.807) is 13.8 Å². The van der Waals surface area contributed by atoms with E-state index >= 15 is 0 Å². The Bertz CT molecular complexity index is 202. The molecular weight excluding hydrogens is 180 g/mol. The number of carboxylic acid groups (broad SMARTS) is 2. The summed E-state index contributed by atoms with van der Waals surface area (Å²) in [6.07, 6.45) is -0.469. The first-order valence-corrected chi connectivity index (χ1v) is 3.93. The van der Waals surface area contributed by atoms with Gasteiger partial charge in [0.2, 0.25) is 0 Å². The molecule has 0 aromatic heterocycles. The van der Waals surface area contributed by atoms with Gasteiger partial charge in [0.25, 0.3) is 0 Å². The lowest BCUT2D eigenvalue weighted by Gasteiger charge is -2.25. The molecule has 0 fully saturated rings. The molecule has 0 aliphatic rings. The molecular formula is C7H12O4S. The van der Waals surface area contributed by atoms with Crippen LogP contribution in [-0.2, 0) is 9.59 Å². The van der Waals surface area contributed by atoms with E-state index in [-0.39, 0.29) is 5.92 Å². The van der Waals surface area contributed by atoms with E-state index in [0.717, 1.165) is 0 Å².